The summed E-state index contributed by atoms with van der Waals surface area (Å²) in [6, 6.07) is 7.90. The molecular weight excluding hydrogens is 493 g/mol. The van der Waals surface area contributed by atoms with Crippen LogP contribution in [-0.2, 0) is 21.2 Å². The Balaban J connectivity index is 1.66. The summed E-state index contributed by atoms with van der Waals surface area (Å²) in [5.41, 5.74) is 0.974. The Hall–Kier alpha value is -2.31. The largest absolute Gasteiger partial charge is 0.573 e. The zero-order valence-electron chi connectivity index (χ0n) is 15.4. The first-order chi connectivity index (χ1) is 13.9. The maximum absolute atomic E-state index is 12.7. The van der Waals surface area contributed by atoms with Crippen LogP contribution >= 0.6 is 15.9 Å². The van der Waals surface area contributed by atoms with Gasteiger partial charge in [0.15, 0.2) is 6.10 Å². The molecular formula is C18H16BrF3N2O5S. The third kappa shape index (κ3) is 5.43. The standard InChI is InChI=1S/C18H16BrF3N2O5S/c1-10-17(25)24-14-8-13(19)16(9-15(14)28-10)30(26,27)23-7-6-11-2-4-12(5-3-11)29-18(20,21)22/h2-5,8-10,23H,6-7H2,1H3,(H,24,25). The van der Waals surface area contributed by atoms with Crippen molar-refractivity contribution in [2.24, 2.45) is 0 Å². The molecule has 1 heterocycles. The lowest BCUT2D eigenvalue weighted by Crippen LogP contribution is -2.34. The van der Waals surface area contributed by atoms with E-state index in [0.717, 1.165) is 12.1 Å². The summed E-state index contributed by atoms with van der Waals surface area (Å²) in [7, 11) is -3.92. The van der Waals surface area contributed by atoms with Crippen LogP contribution < -0.4 is 19.5 Å². The highest BCUT2D eigenvalue weighted by Crippen LogP contribution is 2.36. The van der Waals surface area contributed by atoms with Gasteiger partial charge in [0.05, 0.1) is 10.6 Å². The van der Waals surface area contributed by atoms with Crippen LogP contribution in [0.1, 0.15) is 12.5 Å². The van der Waals surface area contributed by atoms with Crippen molar-refractivity contribution in [2.45, 2.75) is 30.7 Å². The Bertz CT molecular complexity index is 1060. The topological polar surface area (TPSA) is 93.7 Å². The van der Waals surface area contributed by atoms with Crippen molar-refractivity contribution in [1.29, 1.82) is 0 Å². The van der Waals surface area contributed by atoms with E-state index >= 15 is 0 Å². The third-order valence-corrected chi connectivity index (χ3v) is 6.54. The predicted molar refractivity (Wildman–Crippen MR) is 105 cm³/mol. The molecule has 0 saturated carbocycles. The first kappa shape index (κ1) is 22.4. The van der Waals surface area contributed by atoms with Crippen LogP contribution in [0, 0.1) is 0 Å². The second-order valence-corrected chi connectivity index (χ2v) is 8.96. The summed E-state index contributed by atoms with van der Waals surface area (Å²) in [6.07, 6.45) is -5.28. The van der Waals surface area contributed by atoms with Gasteiger partial charge in [0.2, 0.25) is 10.0 Å². The number of fused-ring (bicyclic) bond motifs is 1. The lowest BCUT2D eigenvalue weighted by Gasteiger charge is -2.24. The van der Waals surface area contributed by atoms with Gasteiger partial charge in [0.25, 0.3) is 5.91 Å². The van der Waals surface area contributed by atoms with Crippen molar-refractivity contribution in [3.8, 4) is 11.5 Å². The summed E-state index contributed by atoms with van der Waals surface area (Å²) in [4.78, 5) is 11.6. The molecule has 0 saturated heterocycles. The molecule has 2 aromatic carbocycles. The van der Waals surface area contributed by atoms with Crippen molar-refractivity contribution in [1.82, 2.24) is 4.72 Å². The fourth-order valence-corrected chi connectivity index (χ4v) is 4.77. The number of carbonyl (C=O) groups excluding carboxylic acids is 1. The first-order valence-corrected chi connectivity index (χ1v) is 10.9. The van der Waals surface area contributed by atoms with Crippen LogP contribution in [0.4, 0.5) is 18.9 Å². The van der Waals surface area contributed by atoms with Gasteiger partial charge in [-0.1, -0.05) is 12.1 Å². The van der Waals surface area contributed by atoms with Gasteiger partial charge in [-0.05, 0) is 53.0 Å². The average Bonchev–Trinajstić information content (AvgIpc) is 2.63. The molecule has 1 amide bonds. The number of hydrogen-bond acceptors (Lipinski definition) is 5. The Morgan fingerprint density at radius 1 is 1.23 bits per heavy atom. The number of rotatable bonds is 6. The predicted octanol–water partition coefficient (Wildman–Crippen LogP) is 3.59. The quantitative estimate of drug-likeness (QED) is 0.621. The number of sulfonamides is 1. The van der Waals surface area contributed by atoms with Crippen molar-refractivity contribution < 1.29 is 35.9 Å². The number of benzene rings is 2. The van der Waals surface area contributed by atoms with Crippen LogP contribution in [0.2, 0.25) is 0 Å². The van der Waals surface area contributed by atoms with E-state index in [1.807, 2.05) is 0 Å². The van der Waals surface area contributed by atoms with Crippen LogP contribution in [0.25, 0.3) is 0 Å². The fourth-order valence-electron chi connectivity index (χ4n) is 2.68. The molecule has 1 unspecified atom stereocenters. The summed E-state index contributed by atoms with van der Waals surface area (Å²) in [6.45, 7) is 1.55. The molecule has 1 atom stereocenters. The number of nitrogens with one attached hydrogen (secondary N) is 2. The lowest BCUT2D eigenvalue weighted by atomic mass is 10.1. The molecule has 162 valence electrons. The number of anilines is 1. The number of halogens is 4. The number of alkyl halides is 3. The van der Waals surface area contributed by atoms with Gasteiger partial charge < -0.3 is 14.8 Å². The van der Waals surface area contributed by atoms with Crippen molar-refractivity contribution in [3.63, 3.8) is 0 Å². The van der Waals surface area contributed by atoms with Crippen molar-refractivity contribution in [2.75, 3.05) is 11.9 Å². The minimum Gasteiger partial charge on any atom is -0.479 e. The highest BCUT2D eigenvalue weighted by atomic mass is 79.9. The number of hydrogen-bond donors (Lipinski definition) is 2. The highest BCUT2D eigenvalue weighted by molar-refractivity contribution is 9.10. The van der Waals surface area contributed by atoms with Crippen LogP contribution in [0.3, 0.4) is 0 Å². The molecule has 12 heteroatoms. The summed E-state index contributed by atoms with van der Waals surface area (Å²) in [5, 5.41) is 2.62. The number of amides is 1. The van der Waals surface area contributed by atoms with Crippen molar-refractivity contribution in [3.05, 3.63) is 46.4 Å². The van der Waals surface area contributed by atoms with Gasteiger partial charge in [-0.25, -0.2) is 13.1 Å². The van der Waals surface area contributed by atoms with Gasteiger partial charge in [0.1, 0.15) is 11.5 Å². The molecule has 2 aromatic rings. The molecule has 0 fully saturated rings. The normalized spacial score (nSPS) is 16.4. The summed E-state index contributed by atoms with van der Waals surface area (Å²) >= 11 is 3.18. The molecule has 0 radical (unpaired) electrons. The van der Waals surface area contributed by atoms with Gasteiger partial charge in [-0.3, -0.25) is 4.79 Å². The van der Waals surface area contributed by atoms with E-state index in [9.17, 15) is 26.4 Å². The lowest BCUT2D eigenvalue weighted by molar-refractivity contribution is -0.274. The maximum atomic E-state index is 12.7. The van der Waals surface area contributed by atoms with Crippen LogP contribution in [-0.4, -0.2) is 33.3 Å². The van der Waals surface area contributed by atoms with Gasteiger partial charge >= 0.3 is 6.36 Å². The minimum atomic E-state index is -4.77. The minimum absolute atomic E-state index is 0.0132. The van der Waals surface area contributed by atoms with E-state index in [1.54, 1.807) is 0 Å². The summed E-state index contributed by atoms with van der Waals surface area (Å²) < 4.78 is 73.8. The molecule has 0 bridgehead atoms. The van der Waals surface area contributed by atoms with E-state index in [-0.39, 0.29) is 39.7 Å². The molecule has 1 aliphatic rings. The van der Waals surface area contributed by atoms with Crippen LogP contribution in [0.15, 0.2) is 45.8 Å². The molecule has 0 aromatic heterocycles. The highest BCUT2D eigenvalue weighted by Gasteiger charge is 2.31. The average molecular weight is 509 g/mol. The smallest absolute Gasteiger partial charge is 0.479 e. The summed E-state index contributed by atoms with van der Waals surface area (Å²) in [5.74, 6) is -0.466. The van der Waals surface area contributed by atoms with Gasteiger partial charge in [0, 0.05) is 17.1 Å². The van der Waals surface area contributed by atoms with Crippen LogP contribution in [0.5, 0.6) is 11.5 Å². The zero-order valence-corrected chi connectivity index (χ0v) is 17.8. The molecule has 2 N–H and O–H groups in total. The molecule has 7 nitrogen and oxygen atoms in total. The van der Waals surface area contributed by atoms with E-state index in [1.165, 1.54) is 31.2 Å². The second kappa shape index (κ2) is 8.44. The van der Waals surface area contributed by atoms with E-state index < -0.39 is 22.5 Å². The van der Waals surface area contributed by atoms with E-state index in [2.05, 4.69) is 30.7 Å². The molecule has 0 spiro atoms. The fraction of sp³-hybridized carbons (Fsp3) is 0.278. The first-order valence-electron chi connectivity index (χ1n) is 8.60. The molecule has 0 aliphatic carbocycles. The number of carbonyl (C=O) groups is 1. The van der Waals surface area contributed by atoms with Crippen molar-refractivity contribution >= 4 is 37.5 Å². The monoisotopic (exact) mass is 508 g/mol. The Morgan fingerprint density at radius 2 is 1.90 bits per heavy atom. The Kier molecular flexibility index (Phi) is 6.29. The molecule has 30 heavy (non-hydrogen) atoms. The Morgan fingerprint density at radius 3 is 2.53 bits per heavy atom. The molecule has 3 rings (SSSR count). The SMILES string of the molecule is CC1Oc2cc(S(=O)(=O)NCCc3ccc(OC(F)(F)F)cc3)c(Br)cc2NC1=O. The zero-order chi connectivity index (χ0) is 22.1. The van der Waals surface area contributed by atoms with E-state index in [0.29, 0.717) is 11.3 Å². The second-order valence-electron chi connectivity index (χ2n) is 6.37. The van der Waals surface area contributed by atoms with Gasteiger partial charge in [-0.15, -0.1) is 13.2 Å². The molecule has 1 aliphatic heterocycles. The van der Waals surface area contributed by atoms with Gasteiger partial charge in [-0.2, -0.15) is 0 Å². The number of ether oxygens (including phenoxy) is 2. The van der Waals surface area contributed by atoms with E-state index in [4.69, 9.17) is 4.74 Å². The Labute approximate surface area is 178 Å². The third-order valence-electron chi connectivity index (χ3n) is 4.12. The maximum Gasteiger partial charge on any atom is 0.573 e.